The van der Waals surface area contributed by atoms with Crippen LogP contribution in [0, 0.1) is 11.3 Å². The molecule has 2 N–H and O–H groups in total. The summed E-state index contributed by atoms with van der Waals surface area (Å²) in [7, 11) is 0. The summed E-state index contributed by atoms with van der Waals surface area (Å²) in [6.45, 7) is 6.53. The van der Waals surface area contributed by atoms with Gasteiger partial charge in [0.25, 0.3) is 0 Å². The minimum atomic E-state index is 0.491. The number of rotatable bonds is 4. The fraction of sp³-hybridized carbons (Fsp3) is 0.300. The molecule has 1 rings (SSSR count). The lowest BCUT2D eigenvalue weighted by atomic mass is 10.4. The number of ether oxygens (including phenoxy) is 1. The first-order chi connectivity index (χ1) is 6.74. The van der Waals surface area contributed by atoms with Gasteiger partial charge < -0.3 is 10.5 Å². The maximum Gasteiger partial charge on any atom is 0.218 e. The Bertz CT molecular complexity index is 373. The van der Waals surface area contributed by atoms with Crippen molar-refractivity contribution in [3.63, 3.8) is 0 Å². The summed E-state index contributed by atoms with van der Waals surface area (Å²) in [5.41, 5.74) is 6.69. The molecule has 0 atom stereocenters. The second kappa shape index (κ2) is 4.38. The van der Waals surface area contributed by atoms with Crippen molar-refractivity contribution in [2.45, 2.75) is 13.5 Å². The molecule has 14 heavy (non-hydrogen) atoms. The SMILES string of the molecule is C=CCn1c(C#N)cc(N)c1OCC. The molecule has 4 heteroatoms. The van der Waals surface area contributed by atoms with Crippen LogP contribution in [0.15, 0.2) is 18.7 Å². The number of nitrogens with two attached hydrogens (primary N) is 1. The van der Waals surface area contributed by atoms with Crippen LogP contribution < -0.4 is 10.5 Å². The summed E-state index contributed by atoms with van der Waals surface area (Å²) in [5, 5.41) is 8.83. The van der Waals surface area contributed by atoms with Gasteiger partial charge in [0, 0.05) is 12.6 Å². The van der Waals surface area contributed by atoms with E-state index in [1.54, 1.807) is 16.7 Å². The Morgan fingerprint density at radius 2 is 2.50 bits per heavy atom. The molecule has 74 valence electrons. The predicted octanol–water partition coefficient (Wildman–Crippen LogP) is 1.53. The summed E-state index contributed by atoms with van der Waals surface area (Å²) in [6.07, 6.45) is 1.70. The number of hydrogen-bond donors (Lipinski definition) is 1. The molecule has 0 aromatic carbocycles. The molecule has 0 saturated heterocycles. The van der Waals surface area contributed by atoms with E-state index in [9.17, 15) is 0 Å². The second-order valence-electron chi connectivity index (χ2n) is 2.73. The third-order valence-corrected chi connectivity index (χ3v) is 1.78. The molecule has 0 bridgehead atoms. The van der Waals surface area contributed by atoms with E-state index in [0.29, 0.717) is 30.4 Å². The molecular weight excluding hydrogens is 178 g/mol. The van der Waals surface area contributed by atoms with E-state index < -0.39 is 0 Å². The van der Waals surface area contributed by atoms with E-state index in [1.807, 2.05) is 6.92 Å². The van der Waals surface area contributed by atoms with Crippen molar-refractivity contribution in [2.24, 2.45) is 0 Å². The fourth-order valence-electron chi connectivity index (χ4n) is 1.25. The van der Waals surface area contributed by atoms with E-state index >= 15 is 0 Å². The van der Waals surface area contributed by atoms with Crippen molar-refractivity contribution in [3.05, 3.63) is 24.4 Å². The van der Waals surface area contributed by atoms with Crippen LogP contribution in [-0.4, -0.2) is 11.2 Å². The lowest BCUT2D eigenvalue weighted by molar-refractivity contribution is 0.314. The summed E-state index contributed by atoms with van der Waals surface area (Å²) in [4.78, 5) is 0. The van der Waals surface area contributed by atoms with Crippen LogP contribution >= 0.6 is 0 Å². The Balaban J connectivity index is 3.17. The molecule has 0 radical (unpaired) electrons. The van der Waals surface area contributed by atoms with Crippen LogP contribution in [0.25, 0.3) is 0 Å². The molecular formula is C10H13N3O. The van der Waals surface area contributed by atoms with Gasteiger partial charge >= 0.3 is 0 Å². The van der Waals surface area contributed by atoms with Gasteiger partial charge in [-0.2, -0.15) is 5.26 Å². The first-order valence-corrected chi connectivity index (χ1v) is 4.37. The number of aromatic nitrogens is 1. The van der Waals surface area contributed by atoms with Gasteiger partial charge in [-0.15, -0.1) is 6.58 Å². The highest BCUT2D eigenvalue weighted by molar-refractivity contribution is 5.55. The summed E-state index contributed by atoms with van der Waals surface area (Å²) in [5.74, 6) is 0.545. The van der Waals surface area contributed by atoms with Crippen molar-refractivity contribution in [3.8, 4) is 11.9 Å². The molecule has 0 amide bonds. The van der Waals surface area contributed by atoms with Crippen molar-refractivity contribution < 1.29 is 4.74 Å². The highest BCUT2D eigenvalue weighted by Crippen LogP contribution is 2.26. The number of nitrogens with zero attached hydrogens (tertiary/aromatic N) is 2. The number of anilines is 1. The first kappa shape index (κ1) is 10.2. The van der Waals surface area contributed by atoms with E-state index in [0.717, 1.165) is 0 Å². The quantitative estimate of drug-likeness (QED) is 0.734. The third-order valence-electron chi connectivity index (χ3n) is 1.78. The normalized spacial score (nSPS) is 9.43. The van der Waals surface area contributed by atoms with Gasteiger partial charge in [0.2, 0.25) is 5.88 Å². The molecule has 0 spiro atoms. The Labute approximate surface area is 83.2 Å². The lowest BCUT2D eigenvalue weighted by Gasteiger charge is -2.08. The van der Waals surface area contributed by atoms with Crippen molar-refractivity contribution >= 4 is 5.69 Å². The van der Waals surface area contributed by atoms with E-state index in [2.05, 4.69) is 12.6 Å². The molecule has 0 unspecified atom stereocenters. The maximum absolute atomic E-state index is 8.83. The molecule has 0 fully saturated rings. The minimum Gasteiger partial charge on any atom is -0.478 e. The monoisotopic (exact) mass is 191 g/mol. The highest BCUT2D eigenvalue weighted by Gasteiger charge is 2.12. The average Bonchev–Trinajstić information content (AvgIpc) is 2.47. The summed E-state index contributed by atoms with van der Waals surface area (Å²) >= 11 is 0. The van der Waals surface area contributed by atoms with Crippen molar-refractivity contribution in [1.82, 2.24) is 4.57 Å². The molecule has 1 heterocycles. The van der Waals surface area contributed by atoms with Gasteiger partial charge in [-0.05, 0) is 6.92 Å². The van der Waals surface area contributed by atoms with E-state index in [4.69, 9.17) is 15.7 Å². The predicted molar refractivity (Wildman–Crippen MR) is 54.9 cm³/mol. The summed E-state index contributed by atoms with van der Waals surface area (Å²) in [6, 6.07) is 3.66. The van der Waals surface area contributed by atoms with Crippen LogP contribution in [0.4, 0.5) is 5.69 Å². The van der Waals surface area contributed by atoms with E-state index in [1.165, 1.54) is 0 Å². The maximum atomic E-state index is 8.83. The minimum absolute atomic E-state index is 0.491. The smallest absolute Gasteiger partial charge is 0.218 e. The zero-order valence-corrected chi connectivity index (χ0v) is 8.16. The first-order valence-electron chi connectivity index (χ1n) is 4.37. The van der Waals surface area contributed by atoms with Gasteiger partial charge in [0.1, 0.15) is 11.8 Å². The van der Waals surface area contributed by atoms with Gasteiger partial charge in [-0.1, -0.05) is 6.08 Å². The fourth-order valence-corrected chi connectivity index (χ4v) is 1.25. The molecule has 0 saturated carbocycles. The molecule has 0 aliphatic carbocycles. The third kappa shape index (κ3) is 1.72. The Hall–Kier alpha value is -1.89. The van der Waals surface area contributed by atoms with Gasteiger partial charge in [0.05, 0.1) is 12.3 Å². The topological polar surface area (TPSA) is 64.0 Å². The van der Waals surface area contributed by atoms with Gasteiger partial charge in [-0.25, -0.2) is 0 Å². The Morgan fingerprint density at radius 1 is 1.79 bits per heavy atom. The lowest BCUT2D eigenvalue weighted by Crippen LogP contribution is -2.04. The summed E-state index contributed by atoms with van der Waals surface area (Å²) < 4.78 is 7.04. The standard InChI is InChI=1S/C10H13N3O/c1-3-5-13-8(7-11)6-9(12)10(13)14-4-2/h3,6H,1,4-5,12H2,2H3. The molecule has 1 aromatic rings. The number of hydrogen-bond acceptors (Lipinski definition) is 3. The highest BCUT2D eigenvalue weighted by atomic mass is 16.5. The Morgan fingerprint density at radius 3 is 3.00 bits per heavy atom. The van der Waals surface area contributed by atoms with Gasteiger partial charge in [0.15, 0.2) is 0 Å². The zero-order valence-electron chi connectivity index (χ0n) is 8.16. The number of nitriles is 1. The Kier molecular flexibility index (Phi) is 3.19. The van der Waals surface area contributed by atoms with Crippen LogP contribution in [0.2, 0.25) is 0 Å². The largest absolute Gasteiger partial charge is 0.478 e. The van der Waals surface area contributed by atoms with Crippen LogP contribution in [0.5, 0.6) is 5.88 Å². The average molecular weight is 191 g/mol. The molecule has 4 nitrogen and oxygen atoms in total. The van der Waals surface area contributed by atoms with Crippen LogP contribution in [0.3, 0.4) is 0 Å². The van der Waals surface area contributed by atoms with Crippen molar-refractivity contribution in [2.75, 3.05) is 12.3 Å². The van der Waals surface area contributed by atoms with Gasteiger partial charge in [-0.3, -0.25) is 4.57 Å². The van der Waals surface area contributed by atoms with Crippen molar-refractivity contribution in [1.29, 1.82) is 5.26 Å². The molecule has 0 aliphatic heterocycles. The number of allylic oxidation sites excluding steroid dienone is 1. The number of nitrogen functional groups attached to an aromatic ring is 1. The van der Waals surface area contributed by atoms with Crippen LogP contribution in [0.1, 0.15) is 12.6 Å². The van der Waals surface area contributed by atoms with E-state index in [-0.39, 0.29) is 0 Å². The van der Waals surface area contributed by atoms with Crippen LogP contribution in [-0.2, 0) is 6.54 Å². The zero-order chi connectivity index (χ0) is 10.6. The molecule has 0 aliphatic rings. The molecule has 1 aromatic heterocycles. The second-order valence-corrected chi connectivity index (χ2v) is 2.73.